The van der Waals surface area contributed by atoms with E-state index in [1.54, 1.807) is 19.3 Å². The minimum atomic E-state index is -0.197. The van der Waals surface area contributed by atoms with Crippen LogP contribution in [0.3, 0.4) is 0 Å². The van der Waals surface area contributed by atoms with Gasteiger partial charge in [-0.15, -0.1) is 0 Å². The Hall–Kier alpha value is -1.42. The van der Waals surface area contributed by atoms with Crippen LogP contribution in [0.4, 0.5) is 5.82 Å². The number of hydrogen-bond acceptors (Lipinski definition) is 3. The normalized spacial score (nSPS) is 14.4. The van der Waals surface area contributed by atoms with Crippen molar-refractivity contribution in [3.05, 3.63) is 24.4 Å². The maximum atomic E-state index is 11.9. The van der Waals surface area contributed by atoms with Gasteiger partial charge in [0.1, 0.15) is 5.82 Å². The molecule has 1 aromatic heterocycles. The van der Waals surface area contributed by atoms with Crippen molar-refractivity contribution in [2.24, 2.45) is 11.7 Å². The molecule has 0 radical (unpaired) electrons. The number of nitrogens with two attached hydrogens (primary N) is 1. The van der Waals surface area contributed by atoms with Crippen LogP contribution in [0.25, 0.3) is 0 Å². The fourth-order valence-corrected chi connectivity index (χ4v) is 1.20. The molecule has 1 rings (SSSR count). The van der Waals surface area contributed by atoms with Crippen molar-refractivity contribution in [2.75, 3.05) is 11.9 Å². The van der Waals surface area contributed by atoms with Crippen LogP contribution in [-0.2, 0) is 4.79 Å². The van der Waals surface area contributed by atoms with Crippen LogP contribution >= 0.6 is 0 Å². The van der Waals surface area contributed by atoms with Gasteiger partial charge in [0.15, 0.2) is 0 Å². The first kappa shape index (κ1) is 11.7. The summed E-state index contributed by atoms with van der Waals surface area (Å²) in [6, 6.07) is 5.31. The monoisotopic (exact) mass is 207 g/mol. The molecule has 0 bridgehead atoms. The second-order valence-corrected chi connectivity index (χ2v) is 3.73. The topological polar surface area (TPSA) is 59.2 Å². The van der Waals surface area contributed by atoms with Gasteiger partial charge in [-0.25, -0.2) is 4.98 Å². The number of nitrogens with zero attached hydrogens (tertiary/aromatic N) is 2. The van der Waals surface area contributed by atoms with E-state index in [2.05, 4.69) is 4.98 Å². The summed E-state index contributed by atoms with van der Waals surface area (Å²) in [5.74, 6) is 0.440. The molecule has 15 heavy (non-hydrogen) atoms. The van der Waals surface area contributed by atoms with Crippen molar-refractivity contribution >= 4 is 11.7 Å². The highest BCUT2D eigenvalue weighted by Crippen LogP contribution is 2.12. The third kappa shape index (κ3) is 2.76. The van der Waals surface area contributed by atoms with Crippen molar-refractivity contribution in [1.29, 1.82) is 0 Å². The van der Waals surface area contributed by atoms with Crippen molar-refractivity contribution < 1.29 is 4.79 Å². The van der Waals surface area contributed by atoms with Gasteiger partial charge in [0.25, 0.3) is 0 Å². The maximum Gasteiger partial charge on any atom is 0.232 e. The first-order chi connectivity index (χ1) is 7.04. The summed E-state index contributed by atoms with van der Waals surface area (Å²) in [7, 11) is 1.71. The van der Waals surface area contributed by atoms with Gasteiger partial charge in [-0.1, -0.05) is 13.0 Å². The standard InChI is InChI=1S/C11H17N3O/c1-8(9(2)12)11(15)14(3)10-6-4-5-7-13-10/h4-9H,12H2,1-3H3. The molecule has 0 saturated carbocycles. The SMILES string of the molecule is CC(N)C(C)C(=O)N(C)c1ccccn1. The molecular weight excluding hydrogens is 190 g/mol. The van der Waals surface area contributed by atoms with E-state index in [0.717, 1.165) is 0 Å². The Bertz CT molecular complexity index is 324. The summed E-state index contributed by atoms with van der Waals surface area (Å²) in [5, 5.41) is 0. The summed E-state index contributed by atoms with van der Waals surface area (Å²) < 4.78 is 0. The van der Waals surface area contributed by atoms with E-state index in [-0.39, 0.29) is 17.9 Å². The number of anilines is 1. The molecule has 0 saturated heterocycles. The van der Waals surface area contributed by atoms with Crippen molar-refractivity contribution in [3.63, 3.8) is 0 Å². The Kier molecular flexibility index (Phi) is 3.80. The van der Waals surface area contributed by atoms with E-state index in [1.807, 2.05) is 26.0 Å². The third-order valence-corrected chi connectivity index (χ3v) is 2.50. The molecular formula is C11H17N3O. The number of pyridine rings is 1. The molecule has 4 heteroatoms. The summed E-state index contributed by atoms with van der Waals surface area (Å²) >= 11 is 0. The van der Waals surface area contributed by atoms with Crippen LogP contribution in [0.1, 0.15) is 13.8 Å². The van der Waals surface area contributed by atoms with Gasteiger partial charge in [0.05, 0.1) is 5.92 Å². The lowest BCUT2D eigenvalue weighted by atomic mass is 10.0. The summed E-state index contributed by atoms with van der Waals surface area (Å²) in [5.41, 5.74) is 5.68. The Morgan fingerprint density at radius 2 is 2.13 bits per heavy atom. The van der Waals surface area contributed by atoms with Crippen molar-refractivity contribution in [3.8, 4) is 0 Å². The van der Waals surface area contributed by atoms with Crippen LogP contribution in [0.5, 0.6) is 0 Å². The molecule has 0 aliphatic rings. The highest BCUT2D eigenvalue weighted by atomic mass is 16.2. The van der Waals surface area contributed by atoms with Gasteiger partial charge in [-0.3, -0.25) is 9.69 Å². The molecule has 2 N–H and O–H groups in total. The molecule has 0 aliphatic heterocycles. The third-order valence-electron chi connectivity index (χ3n) is 2.50. The van der Waals surface area contributed by atoms with Crippen molar-refractivity contribution in [1.82, 2.24) is 4.98 Å². The van der Waals surface area contributed by atoms with Gasteiger partial charge in [-0.2, -0.15) is 0 Å². The predicted octanol–water partition coefficient (Wildman–Crippen LogP) is 1.03. The minimum absolute atomic E-state index is 0.0105. The highest BCUT2D eigenvalue weighted by Gasteiger charge is 2.22. The van der Waals surface area contributed by atoms with E-state index in [0.29, 0.717) is 5.82 Å². The lowest BCUT2D eigenvalue weighted by Crippen LogP contribution is -2.40. The summed E-state index contributed by atoms with van der Waals surface area (Å²) in [4.78, 5) is 17.5. The molecule has 0 aliphatic carbocycles. The molecule has 0 spiro atoms. The van der Waals surface area contributed by atoms with E-state index in [4.69, 9.17) is 5.73 Å². The highest BCUT2D eigenvalue weighted by molar-refractivity contribution is 5.93. The first-order valence-electron chi connectivity index (χ1n) is 4.98. The predicted molar refractivity (Wildman–Crippen MR) is 60.5 cm³/mol. The number of hydrogen-bond donors (Lipinski definition) is 1. The smallest absolute Gasteiger partial charge is 0.232 e. The zero-order valence-electron chi connectivity index (χ0n) is 9.34. The number of amides is 1. The molecule has 1 heterocycles. The molecule has 0 fully saturated rings. The summed E-state index contributed by atoms with van der Waals surface area (Å²) in [6.07, 6.45) is 1.66. The Morgan fingerprint density at radius 3 is 2.60 bits per heavy atom. The van der Waals surface area contributed by atoms with Gasteiger partial charge in [-0.05, 0) is 19.1 Å². The molecule has 0 aromatic carbocycles. The number of rotatable bonds is 3. The van der Waals surface area contributed by atoms with Crippen LogP contribution in [0.2, 0.25) is 0 Å². The zero-order chi connectivity index (χ0) is 11.4. The Morgan fingerprint density at radius 1 is 1.47 bits per heavy atom. The summed E-state index contributed by atoms with van der Waals surface area (Å²) in [6.45, 7) is 3.65. The second kappa shape index (κ2) is 4.89. The molecule has 2 atom stereocenters. The van der Waals surface area contributed by atoms with Crippen LogP contribution in [0, 0.1) is 5.92 Å². The minimum Gasteiger partial charge on any atom is -0.327 e. The zero-order valence-corrected chi connectivity index (χ0v) is 9.34. The average molecular weight is 207 g/mol. The van der Waals surface area contributed by atoms with Gasteiger partial charge < -0.3 is 5.73 Å². The second-order valence-electron chi connectivity index (χ2n) is 3.73. The van der Waals surface area contributed by atoms with E-state index >= 15 is 0 Å². The fourth-order valence-electron chi connectivity index (χ4n) is 1.20. The van der Waals surface area contributed by atoms with E-state index in [9.17, 15) is 4.79 Å². The molecule has 4 nitrogen and oxygen atoms in total. The van der Waals surface area contributed by atoms with Crippen LogP contribution < -0.4 is 10.6 Å². The van der Waals surface area contributed by atoms with E-state index < -0.39 is 0 Å². The van der Waals surface area contributed by atoms with E-state index in [1.165, 1.54) is 4.90 Å². The van der Waals surface area contributed by atoms with Gasteiger partial charge in [0.2, 0.25) is 5.91 Å². The van der Waals surface area contributed by atoms with Gasteiger partial charge in [0, 0.05) is 19.3 Å². The molecule has 82 valence electrons. The molecule has 1 amide bonds. The Labute approximate surface area is 90.1 Å². The quantitative estimate of drug-likeness (QED) is 0.805. The number of aromatic nitrogens is 1. The van der Waals surface area contributed by atoms with Crippen LogP contribution in [-0.4, -0.2) is 24.0 Å². The Balaban J connectivity index is 2.78. The average Bonchev–Trinajstić information content (AvgIpc) is 2.27. The first-order valence-corrected chi connectivity index (χ1v) is 4.98. The fraction of sp³-hybridized carbons (Fsp3) is 0.455. The number of carbonyl (C=O) groups excluding carboxylic acids is 1. The van der Waals surface area contributed by atoms with Crippen molar-refractivity contribution in [2.45, 2.75) is 19.9 Å². The molecule has 2 unspecified atom stereocenters. The van der Waals surface area contributed by atoms with Gasteiger partial charge >= 0.3 is 0 Å². The number of carbonyl (C=O) groups is 1. The van der Waals surface area contributed by atoms with Crippen LogP contribution in [0.15, 0.2) is 24.4 Å². The maximum absolute atomic E-state index is 11.9. The lowest BCUT2D eigenvalue weighted by Gasteiger charge is -2.22. The molecule has 1 aromatic rings. The lowest BCUT2D eigenvalue weighted by molar-refractivity contribution is -0.122. The largest absolute Gasteiger partial charge is 0.327 e.